The van der Waals surface area contributed by atoms with E-state index in [1.807, 2.05) is 20.8 Å². The molecule has 0 bridgehead atoms. The average Bonchev–Trinajstić information content (AvgIpc) is 2.42. The van der Waals surface area contributed by atoms with Crippen LogP contribution in [0.2, 0.25) is 0 Å². The number of thioether (sulfide) groups is 1. The van der Waals surface area contributed by atoms with Crippen molar-refractivity contribution >= 4 is 17.7 Å². The summed E-state index contributed by atoms with van der Waals surface area (Å²) in [7, 11) is 0. The Balaban J connectivity index is 2.48. The molecule has 5 nitrogen and oxygen atoms in total. The summed E-state index contributed by atoms with van der Waals surface area (Å²) in [5.74, 6) is 0.0494. The molecule has 0 saturated heterocycles. The molecule has 1 aromatic rings. The number of nitrogens with one attached hydrogen (secondary N) is 1. The third kappa shape index (κ3) is 5.09. The highest BCUT2D eigenvalue weighted by Gasteiger charge is 2.36. The van der Waals surface area contributed by atoms with Crippen molar-refractivity contribution in [3.8, 4) is 0 Å². The summed E-state index contributed by atoms with van der Waals surface area (Å²) in [6, 6.07) is 1.93. The molecule has 0 aliphatic rings. The summed E-state index contributed by atoms with van der Waals surface area (Å²) < 4.78 is 0. The predicted molar refractivity (Wildman–Crippen MR) is 80.9 cm³/mol. The molecule has 0 fully saturated rings. The van der Waals surface area contributed by atoms with Crippen LogP contribution in [0.4, 0.5) is 0 Å². The summed E-state index contributed by atoms with van der Waals surface area (Å²) in [4.78, 5) is 19.8. The lowest BCUT2D eigenvalue weighted by Crippen LogP contribution is -2.54. The molecule has 0 spiro atoms. The minimum atomic E-state index is -0.827. The van der Waals surface area contributed by atoms with Gasteiger partial charge in [-0.25, -0.2) is 9.97 Å². The van der Waals surface area contributed by atoms with Gasteiger partial charge >= 0.3 is 5.97 Å². The van der Waals surface area contributed by atoms with Crippen molar-refractivity contribution in [1.29, 1.82) is 0 Å². The molecule has 0 saturated carbocycles. The first-order chi connectivity index (χ1) is 9.50. The Labute approximate surface area is 124 Å². The van der Waals surface area contributed by atoms with Crippen LogP contribution in [-0.2, 0) is 4.79 Å². The van der Waals surface area contributed by atoms with Gasteiger partial charge in [0.25, 0.3) is 0 Å². The standard InChI is InChI=1S/C14H23N3O2S/c1-4-14(12(18)19,17-11(2)3)7-5-10-20-13-15-8-6-9-16-13/h6,8-9,11,17H,4-5,7,10H2,1-3H3,(H,18,19). The first kappa shape index (κ1) is 16.9. The summed E-state index contributed by atoms with van der Waals surface area (Å²) in [6.07, 6.45) is 5.42. The molecule has 1 unspecified atom stereocenters. The predicted octanol–water partition coefficient (Wildman–Crippen LogP) is 2.58. The van der Waals surface area contributed by atoms with E-state index in [-0.39, 0.29) is 6.04 Å². The number of rotatable bonds is 9. The van der Waals surface area contributed by atoms with Crippen LogP contribution in [0, 0.1) is 0 Å². The second-order valence-electron chi connectivity index (χ2n) is 5.02. The van der Waals surface area contributed by atoms with Gasteiger partial charge in [-0.3, -0.25) is 10.1 Å². The number of hydrogen-bond acceptors (Lipinski definition) is 5. The van der Waals surface area contributed by atoms with E-state index in [1.54, 1.807) is 30.2 Å². The van der Waals surface area contributed by atoms with E-state index in [1.165, 1.54) is 0 Å². The Morgan fingerprint density at radius 1 is 1.45 bits per heavy atom. The molecule has 1 atom stereocenters. The van der Waals surface area contributed by atoms with E-state index in [0.717, 1.165) is 17.3 Å². The van der Waals surface area contributed by atoms with Gasteiger partial charge in [0, 0.05) is 24.2 Å². The smallest absolute Gasteiger partial charge is 0.323 e. The van der Waals surface area contributed by atoms with E-state index in [0.29, 0.717) is 12.8 Å². The molecule has 0 aliphatic heterocycles. The maximum atomic E-state index is 11.6. The lowest BCUT2D eigenvalue weighted by molar-refractivity contribution is -0.145. The zero-order valence-corrected chi connectivity index (χ0v) is 13.1. The van der Waals surface area contributed by atoms with Crippen molar-refractivity contribution in [3.05, 3.63) is 18.5 Å². The second kappa shape index (κ2) is 8.21. The summed E-state index contributed by atoms with van der Waals surface area (Å²) in [5.41, 5.74) is -0.827. The second-order valence-corrected chi connectivity index (χ2v) is 6.09. The minimum absolute atomic E-state index is 0.149. The van der Waals surface area contributed by atoms with Gasteiger partial charge in [0.1, 0.15) is 5.54 Å². The van der Waals surface area contributed by atoms with E-state index in [4.69, 9.17) is 0 Å². The zero-order valence-electron chi connectivity index (χ0n) is 12.3. The molecule has 20 heavy (non-hydrogen) atoms. The topological polar surface area (TPSA) is 75.1 Å². The van der Waals surface area contributed by atoms with Gasteiger partial charge in [0.05, 0.1) is 0 Å². The van der Waals surface area contributed by atoms with Gasteiger partial charge in [0.2, 0.25) is 0 Å². The Hall–Kier alpha value is -1.14. The Bertz CT molecular complexity index is 414. The van der Waals surface area contributed by atoms with Crippen LogP contribution in [0.3, 0.4) is 0 Å². The number of carbonyl (C=O) groups is 1. The number of hydrogen-bond donors (Lipinski definition) is 2. The lowest BCUT2D eigenvalue weighted by atomic mass is 9.90. The first-order valence-corrected chi connectivity index (χ1v) is 7.89. The fourth-order valence-corrected chi connectivity index (χ4v) is 2.86. The molecule has 1 heterocycles. The molecule has 0 aliphatic carbocycles. The molecule has 2 N–H and O–H groups in total. The van der Waals surface area contributed by atoms with Crippen molar-refractivity contribution in [2.45, 2.75) is 56.8 Å². The highest BCUT2D eigenvalue weighted by atomic mass is 32.2. The maximum absolute atomic E-state index is 11.6. The fraction of sp³-hybridized carbons (Fsp3) is 0.643. The lowest BCUT2D eigenvalue weighted by Gasteiger charge is -2.31. The van der Waals surface area contributed by atoms with Gasteiger partial charge in [0.15, 0.2) is 5.16 Å². The van der Waals surface area contributed by atoms with Crippen LogP contribution < -0.4 is 5.32 Å². The fourth-order valence-electron chi connectivity index (χ4n) is 2.12. The zero-order chi connectivity index (χ0) is 15.0. The van der Waals surface area contributed by atoms with Crippen molar-refractivity contribution < 1.29 is 9.90 Å². The third-order valence-electron chi connectivity index (χ3n) is 3.10. The number of carboxylic acids is 1. The van der Waals surface area contributed by atoms with Gasteiger partial charge in [-0.15, -0.1) is 0 Å². The molecular formula is C14H23N3O2S. The Morgan fingerprint density at radius 3 is 2.60 bits per heavy atom. The molecule has 1 rings (SSSR count). The monoisotopic (exact) mass is 297 g/mol. The van der Waals surface area contributed by atoms with Crippen LogP contribution >= 0.6 is 11.8 Å². The van der Waals surface area contributed by atoms with Crippen LogP contribution in [0.15, 0.2) is 23.6 Å². The van der Waals surface area contributed by atoms with E-state index >= 15 is 0 Å². The molecule has 112 valence electrons. The van der Waals surface area contributed by atoms with Crippen molar-refractivity contribution in [1.82, 2.24) is 15.3 Å². The van der Waals surface area contributed by atoms with Gasteiger partial charge in [-0.05, 0) is 39.2 Å². The number of aromatic nitrogens is 2. The quantitative estimate of drug-likeness (QED) is 0.414. The molecule has 0 amide bonds. The average molecular weight is 297 g/mol. The summed E-state index contributed by atoms with van der Waals surface area (Å²) >= 11 is 1.56. The van der Waals surface area contributed by atoms with Crippen LogP contribution in [0.5, 0.6) is 0 Å². The highest BCUT2D eigenvalue weighted by molar-refractivity contribution is 7.99. The largest absolute Gasteiger partial charge is 0.480 e. The van der Waals surface area contributed by atoms with Crippen LogP contribution in [-0.4, -0.2) is 38.4 Å². The van der Waals surface area contributed by atoms with E-state index in [9.17, 15) is 9.90 Å². The molecule has 1 aromatic heterocycles. The summed E-state index contributed by atoms with van der Waals surface area (Å²) in [6.45, 7) is 5.86. The van der Waals surface area contributed by atoms with Gasteiger partial charge < -0.3 is 5.11 Å². The van der Waals surface area contributed by atoms with Gasteiger partial charge in [-0.2, -0.15) is 0 Å². The van der Waals surface area contributed by atoms with Crippen molar-refractivity contribution in [2.24, 2.45) is 0 Å². The SMILES string of the molecule is CCC(CCCSc1ncccn1)(NC(C)C)C(=O)O. The molecular weight excluding hydrogens is 274 g/mol. The van der Waals surface area contributed by atoms with E-state index in [2.05, 4.69) is 15.3 Å². The number of nitrogens with zero attached hydrogens (tertiary/aromatic N) is 2. The normalized spacial score (nSPS) is 14.2. The molecule has 6 heteroatoms. The van der Waals surface area contributed by atoms with Gasteiger partial charge in [-0.1, -0.05) is 18.7 Å². The van der Waals surface area contributed by atoms with Crippen LogP contribution in [0.25, 0.3) is 0 Å². The Morgan fingerprint density at radius 2 is 2.10 bits per heavy atom. The number of aliphatic carboxylic acids is 1. The summed E-state index contributed by atoms with van der Waals surface area (Å²) in [5, 5.41) is 13.4. The molecule has 0 aromatic carbocycles. The van der Waals surface area contributed by atoms with Crippen molar-refractivity contribution in [3.63, 3.8) is 0 Å². The third-order valence-corrected chi connectivity index (χ3v) is 4.06. The Kier molecular flexibility index (Phi) is 6.95. The minimum Gasteiger partial charge on any atom is -0.480 e. The number of carboxylic acid groups (broad SMARTS) is 1. The van der Waals surface area contributed by atoms with E-state index < -0.39 is 11.5 Å². The molecule has 0 radical (unpaired) electrons. The highest BCUT2D eigenvalue weighted by Crippen LogP contribution is 2.22. The first-order valence-electron chi connectivity index (χ1n) is 6.91. The maximum Gasteiger partial charge on any atom is 0.323 e. The van der Waals surface area contributed by atoms with Crippen molar-refractivity contribution in [2.75, 3.05) is 5.75 Å². The van der Waals surface area contributed by atoms with Crippen LogP contribution in [0.1, 0.15) is 40.0 Å².